The Kier molecular flexibility index (Phi) is 2.99. The number of nitrogens with zero attached hydrogens (tertiary/aromatic N) is 2. The Morgan fingerprint density at radius 2 is 2.06 bits per heavy atom. The maximum atomic E-state index is 4.71. The van der Waals surface area contributed by atoms with Gasteiger partial charge >= 0.3 is 0 Å². The molecule has 16 heavy (non-hydrogen) atoms. The van der Waals surface area contributed by atoms with Crippen molar-refractivity contribution in [3.05, 3.63) is 21.3 Å². The van der Waals surface area contributed by atoms with Crippen LogP contribution in [0.3, 0.4) is 0 Å². The van der Waals surface area contributed by atoms with E-state index in [9.17, 15) is 0 Å². The Hall–Kier alpha value is -0.780. The van der Waals surface area contributed by atoms with Crippen molar-refractivity contribution >= 4 is 22.7 Å². The summed E-state index contributed by atoms with van der Waals surface area (Å²) >= 11 is 3.40. The largest absolute Gasteiger partial charge is 0.317 e. The molecule has 0 radical (unpaired) electrons. The molecule has 2 aromatic heterocycles. The van der Waals surface area contributed by atoms with E-state index in [-0.39, 0.29) is 0 Å². The van der Waals surface area contributed by atoms with Gasteiger partial charge in [-0.15, -0.1) is 22.7 Å². The molecule has 0 saturated carbocycles. The van der Waals surface area contributed by atoms with Crippen LogP contribution in [0.15, 0.2) is 16.3 Å². The van der Waals surface area contributed by atoms with Gasteiger partial charge in [-0.1, -0.05) is 0 Å². The molecule has 0 bridgehead atoms. The standard InChI is InChI=1S/C11H13N3S2/c1-3-12-4-2-8(1)11-14-10(6-16-11)9-5-15-7-13-9/h5-8,12H,1-4H2. The van der Waals surface area contributed by atoms with Gasteiger partial charge in [0.05, 0.1) is 10.5 Å². The third-order valence-electron chi connectivity index (χ3n) is 2.91. The zero-order valence-corrected chi connectivity index (χ0v) is 10.5. The predicted molar refractivity (Wildman–Crippen MR) is 68.1 cm³/mol. The van der Waals surface area contributed by atoms with E-state index in [0.717, 1.165) is 24.5 Å². The Morgan fingerprint density at radius 3 is 2.81 bits per heavy atom. The molecule has 3 heterocycles. The summed E-state index contributed by atoms with van der Waals surface area (Å²) in [7, 11) is 0. The molecule has 3 nitrogen and oxygen atoms in total. The van der Waals surface area contributed by atoms with Crippen molar-refractivity contribution in [2.45, 2.75) is 18.8 Å². The highest BCUT2D eigenvalue weighted by atomic mass is 32.1. The van der Waals surface area contributed by atoms with Crippen LogP contribution in [-0.4, -0.2) is 23.1 Å². The second-order valence-electron chi connectivity index (χ2n) is 3.97. The van der Waals surface area contributed by atoms with Gasteiger partial charge in [-0.3, -0.25) is 0 Å². The Morgan fingerprint density at radius 1 is 1.19 bits per heavy atom. The number of aromatic nitrogens is 2. The fourth-order valence-corrected chi connectivity index (χ4v) is 3.53. The summed E-state index contributed by atoms with van der Waals surface area (Å²) in [5, 5.41) is 8.86. The number of piperidine rings is 1. The highest BCUT2D eigenvalue weighted by Crippen LogP contribution is 2.30. The predicted octanol–water partition coefficient (Wildman–Crippen LogP) is 2.73. The zero-order valence-electron chi connectivity index (χ0n) is 8.85. The number of hydrogen-bond donors (Lipinski definition) is 1. The summed E-state index contributed by atoms with van der Waals surface area (Å²) < 4.78 is 0. The maximum Gasteiger partial charge on any atom is 0.101 e. The molecule has 0 amide bonds. The third-order valence-corrected chi connectivity index (χ3v) is 4.50. The van der Waals surface area contributed by atoms with Crippen LogP contribution in [0.1, 0.15) is 23.8 Å². The molecule has 1 saturated heterocycles. The molecule has 0 unspecified atom stereocenters. The Labute approximate surface area is 103 Å². The maximum absolute atomic E-state index is 4.71. The van der Waals surface area contributed by atoms with E-state index in [0.29, 0.717) is 5.92 Å². The second-order valence-corrected chi connectivity index (χ2v) is 5.58. The van der Waals surface area contributed by atoms with Crippen LogP contribution in [0.2, 0.25) is 0 Å². The lowest BCUT2D eigenvalue weighted by Gasteiger charge is -2.20. The average Bonchev–Trinajstić information content (AvgIpc) is 3.01. The van der Waals surface area contributed by atoms with Crippen molar-refractivity contribution in [2.24, 2.45) is 0 Å². The van der Waals surface area contributed by atoms with E-state index in [4.69, 9.17) is 4.98 Å². The fraction of sp³-hybridized carbons (Fsp3) is 0.455. The minimum absolute atomic E-state index is 0.652. The smallest absolute Gasteiger partial charge is 0.101 e. The monoisotopic (exact) mass is 251 g/mol. The van der Waals surface area contributed by atoms with Crippen LogP contribution in [0, 0.1) is 0 Å². The van der Waals surface area contributed by atoms with Gasteiger partial charge in [0, 0.05) is 16.7 Å². The molecule has 2 aromatic rings. The van der Waals surface area contributed by atoms with Gasteiger partial charge in [-0.2, -0.15) is 0 Å². The van der Waals surface area contributed by atoms with Gasteiger partial charge in [0.15, 0.2) is 0 Å². The summed E-state index contributed by atoms with van der Waals surface area (Å²) in [6.45, 7) is 2.24. The highest BCUT2D eigenvalue weighted by molar-refractivity contribution is 7.10. The van der Waals surface area contributed by atoms with E-state index in [2.05, 4.69) is 21.1 Å². The van der Waals surface area contributed by atoms with Gasteiger partial charge in [-0.05, 0) is 25.9 Å². The van der Waals surface area contributed by atoms with Crippen molar-refractivity contribution in [3.63, 3.8) is 0 Å². The van der Waals surface area contributed by atoms with Crippen LogP contribution in [0.4, 0.5) is 0 Å². The average molecular weight is 251 g/mol. The highest BCUT2D eigenvalue weighted by Gasteiger charge is 2.18. The number of hydrogen-bond acceptors (Lipinski definition) is 5. The SMILES string of the molecule is c1nc(-c2csc(C3CCNCC3)n2)cs1. The van der Waals surface area contributed by atoms with Gasteiger partial charge in [0.2, 0.25) is 0 Å². The molecule has 0 aromatic carbocycles. The van der Waals surface area contributed by atoms with Crippen LogP contribution >= 0.6 is 22.7 Å². The van der Waals surface area contributed by atoms with Gasteiger partial charge in [0.1, 0.15) is 11.4 Å². The minimum Gasteiger partial charge on any atom is -0.317 e. The Balaban J connectivity index is 1.82. The number of rotatable bonds is 2. The van der Waals surface area contributed by atoms with Gasteiger partial charge < -0.3 is 5.32 Å². The van der Waals surface area contributed by atoms with E-state index in [1.807, 2.05) is 5.51 Å². The normalized spacial score (nSPS) is 17.8. The lowest BCUT2D eigenvalue weighted by Crippen LogP contribution is -2.26. The first-order chi connectivity index (χ1) is 7.93. The van der Waals surface area contributed by atoms with Crippen LogP contribution < -0.4 is 5.32 Å². The lowest BCUT2D eigenvalue weighted by molar-refractivity contribution is 0.459. The number of nitrogens with one attached hydrogen (secondary N) is 1. The fourth-order valence-electron chi connectivity index (χ4n) is 2.00. The van der Waals surface area contributed by atoms with Crippen molar-refractivity contribution in [3.8, 4) is 11.4 Å². The molecule has 1 aliphatic heterocycles. The molecular formula is C11H13N3S2. The molecular weight excluding hydrogens is 238 g/mol. The van der Waals surface area contributed by atoms with Crippen LogP contribution in [0.5, 0.6) is 0 Å². The Bertz CT molecular complexity index is 444. The molecule has 3 rings (SSSR count). The molecule has 0 atom stereocenters. The molecule has 1 aliphatic rings. The quantitative estimate of drug-likeness (QED) is 0.892. The summed E-state index contributed by atoms with van der Waals surface area (Å²) in [6.07, 6.45) is 2.42. The second kappa shape index (κ2) is 4.61. The van der Waals surface area contributed by atoms with E-state index >= 15 is 0 Å². The van der Waals surface area contributed by atoms with E-state index < -0.39 is 0 Å². The topological polar surface area (TPSA) is 37.8 Å². The van der Waals surface area contributed by atoms with Crippen molar-refractivity contribution in [1.82, 2.24) is 15.3 Å². The van der Waals surface area contributed by atoms with Crippen molar-refractivity contribution in [1.29, 1.82) is 0 Å². The summed E-state index contributed by atoms with van der Waals surface area (Å²) in [5.74, 6) is 0.652. The summed E-state index contributed by atoms with van der Waals surface area (Å²) in [6, 6.07) is 0. The van der Waals surface area contributed by atoms with Gasteiger partial charge in [0.25, 0.3) is 0 Å². The molecule has 1 fully saturated rings. The first-order valence-corrected chi connectivity index (χ1v) is 7.30. The van der Waals surface area contributed by atoms with E-state index in [1.54, 1.807) is 22.7 Å². The molecule has 0 spiro atoms. The minimum atomic E-state index is 0.652. The summed E-state index contributed by atoms with van der Waals surface area (Å²) in [5.41, 5.74) is 3.92. The first-order valence-electron chi connectivity index (χ1n) is 5.48. The molecule has 0 aliphatic carbocycles. The molecule has 1 N–H and O–H groups in total. The van der Waals surface area contributed by atoms with Gasteiger partial charge in [-0.25, -0.2) is 9.97 Å². The zero-order chi connectivity index (χ0) is 10.8. The van der Waals surface area contributed by atoms with Crippen molar-refractivity contribution < 1.29 is 0 Å². The van der Waals surface area contributed by atoms with Crippen LogP contribution in [-0.2, 0) is 0 Å². The molecule has 84 valence electrons. The van der Waals surface area contributed by atoms with Crippen molar-refractivity contribution in [2.75, 3.05) is 13.1 Å². The summed E-state index contributed by atoms with van der Waals surface area (Å²) in [4.78, 5) is 9.01. The third kappa shape index (κ3) is 2.03. The van der Waals surface area contributed by atoms with Crippen LogP contribution in [0.25, 0.3) is 11.4 Å². The van der Waals surface area contributed by atoms with E-state index in [1.165, 1.54) is 17.8 Å². The first kappa shape index (κ1) is 10.4. The lowest BCUT2D eigenvalue weighted by atomic mass is 9.99. The molecule has 5 heteroatoms. The number of thiazole rings is 2.